The molecule has 0 spiro atoms. The van der Waals surface area contributed by atoms with Crippen molar-refractivity contribution in [3.05, 3.63) is 77.1 Å². The van der Waals surface area contributed by atoms with Crippen LogP contribution in [0, 0.1) is 20.8 Å². The number of aryl methyl sites for hydroxylation is 3. The van der Waals surface area contributed by atoms with E-state index in [9.17, 15) is 4.79 Å². The third-order valence-electron chi connectivity index (χ3n) is 5.68. The molecule has 5 heteroatoms. The summed E-state index contributed by atoms with van der Waals surface area (Å²) in [4.78, 5) is 17.1. The Balaban J connectivity index is 1.37. The van der Waals surface area contributed by atoms with Gasteiger partial charge in [0.15, 0.2) is 0 Å². The number of nitrogens with zero attached hydrogens (tertiary/aromatic N) is 4. The number of piperazine rings is 1. The number of benzene rings is 2. The molecule has 150 valence electrons. The molecule has 0 radical (unpaired) electrons. The molecule has 1 saturated heterocycles. The molecular weight excluding hydrogens is 360 g/mol. The van der Waals surface area contributed by atoms with E-state index in [2.05, 4.69) is 59.4 Å². The van der Waals surface area contributed by atoms with E-state index in [-0.39, 0.29) is 6.03 Å². The lowest BCUT2D eigenvalue weighted by Crippen LogP contribution is -2.49. The average molecular weight is 389 g/mol. The minimum Gasteiger partial charge on any atom is -0.320 e. The minimum atomic E-state index is -0.0151. The van der Waals surface area contributed by atoms with Crippen LogP contribution in [0.1, 0.15) is 22.5 Å². The molecule has 0 N–H and O–H groups in total. The first kappa shape index (κ1) is 19.4. The zero-order chi connectivity index (χ0) is 20.4. The number of carbonyl (C=O) groups excluding carboxylic acids is 1. The first-order valence-corrected chi connectivity index (χ1v) is 10.2. The standard InChI is InChI=1S/C24H28N4O/c1-18-15-22(21-7-5-4-6-8-21)9-10-23(18)17-26-11-13-27(14-12-26)24(29)28-20(3)16-19(2)25-28/h4-10,15-16H,11-14,17H2,1-3H3. The number of rotatable bonds is 3. The zero-order valence-corrected chi connectivity index (χ0v) is 17.4. The van der Waals surface area contributed by atoms with Gasteiger partial charge >= 0.3 is 6.03 Å². The molecule has 1 fully saturated rings. The van der Waals surface area contributed by atoms with Gasteiger partial charge in [0, 0.05) is 38.4 Å². The molecule has 0 bridgehead atoms. The third-order valence-corrected chi connectivity index (χ3v) is 5.68. The first-order valence-electron chi connectivity index (χ1n) is 10.2. The van der Waals surface area contributed by atoms with E-state index in [1.165, 1.54) is 26.9 Å². The first-order chi connectivity index (χ1) is 14.0. The summed E-state index contributed by atoms with van der Waals surface area (Å²) in [6, 6.07) is 19.1. The summed E-state index contributed by atoms with van der Waals surface area (Å²) in [7, 11) is 0. The highest BCUT2D eigenvalue weighted by Gasteiger charge is 2.24. The van der Waals surface area contributed by atoms with E-state index in [4.69, 9.17) is 0 Å². The third kappa shape index (κ3) is 4.25. The van der Waals surface area contributed by atoms with Crippen molar-refractivity contribution >= 4 is 6.03 Å². The van der Waals surface area contributed by atoms with Gasteiger partial charge in [0.25, 0.3) is 0 Å². The molecule has 0 unspecified atom stereocenters. The molecule has 29 heavy (non-hydrogen) atoms. The Hall–Kier alpha value is -2.92. The number of hydrogen-bond donors (Lipinski definition) is 0. The van der Waals surface area contributed by atoms with Crippen molar-refractivity contribution in [1.29, 1.82) is 0 Å². The van der Waals surface area contributed by atoms with Crippen LogP contribution in [0.15, 0.2) is 54.6 Å². The number of hydrogen-bond acceptors (Lipinski definition) is 3. The number of carbonyl (C=O) groups is 1. The van der Waals surface area contributed by atoms with E-state index in [1.54, 1.807) is 0 Å². The van der Waals surface area contributed by atoms with Gasteiger partial charge in [0.2, 0.25) is 0 Å². The Bertz CT molecular complexity index is 1000. The Morgan fingerprint density at radius 2 is 1.62 bits per heavy atom. The van der Waals surface area contributed by atoms with Crippen molar-refractivity contribution in [2.45, 2.75) is 27.3 Å². The summed E-state index contributed by atoms with van der Waals surface area (Å²) in [5.74, 6) is 0. The summed E-state index contributed by atoms with van der Waals surface area (Å²) in [5, 5.41) is 4.33. The lowest BCUT2D eigenvalue weighted by atomic mass is 9.99. The van der Waals surface area contributed by atoms with Gasteiger partial charge in [0.1, 0.15) is 0 Å². The summed E-state index contributed by atoms with van der Waals surface area (Å²) < 4.78 is 1.53. The molecule has 3 aromatic rings. The van der Waals surface area contributed by atoms with E-state index in [0.29, 0.717) is 0 Å². The smallest absolute Gasteiger partial charge is 0.320 e. The van der Waals surface area contributed by atoms with Crippen LogP contribution in [0.5, 0.6) is 0 Å². The highest BCUT2D eigenvalue weighted by molar-refractivity contribution is 5.77. The fraction of sp³-hybridized carbons (Fsp3) is 0.333. The van der Waals surface area contributed by atoms with Gasteiger partial charge in [-0.25, -0.2) is 4.79 Å². The van der Waals surface area contributed by atoms with Crippen LogP contribution in [0.4, 0.5) is 4.79 Å². The quantitative estimate of drug-likeness (QED) is 0.673. The van der Waals surface area contributed by atoms with Crippen molar-refractivity contribution < 1.29 is 4.79 Å². The van der Waals surface area contributed by atoms with Gasteiger partial charge in [0.05, 0.1) is 5.69 Å². The van der Waals surface area contributed by atoms with Gasteiger partial charge in [-0.1, -0.05) is 48.5 Å². The molecular formula is C24H28N4O. The number of amides is 1. The van der Waals surface area contributed by atoms with Crippen LogP contribution in [0.25, 0.3) is 11.1 Å². The number of aromatic nitrogens is 2. The van der Waals surface area contributed by atoms with Gasteiger partial charge in [-0.2, -0.15) is 9.78 Å². The molecule has 4 rings (SSSR count). The van der Waals surface area contributed by atoms with Gasteiger partial charge < -0.3 is 4.90 Å². The zero-order valence-electron chi connectivity index (χ0n) is 17.4. The minimum absolute atomic E-state index is 0.0151. The van der Waals surface area contributed by atoms with Crippen LogP contribution >= 0.6 is 0 Å². The summed E-state index contributed by atoms with van der Waals surface area (Å²) in [6.45, 7) is 10.2. The monoisotopic (exact) mass is 388 g/mol. The fourth-order valence-electron chi connectivity index (χ4n) is 3.98. The van der Waals surface area contributed by atoms with Gasteiger partial charge in [-0.05, 0) is 49.1 Å². The molecule has 0 saturated carbocycles. The topological polar surface area (TPSA) is 41.4 Å². The molecule has 5 nitrogen and oxygen atoms in total. The maximum absolute atomic E-state index is 12.7. The normalized spacial score (nSPS) is 14.9. The predicted molar refractivity (Wildman–Crippen MR) is 116 cm³/mol. The maximum atomic E-state index is 12.7. The van der Waals surface area contributed by atoms with E-state index >= 15 is 0 Å². The maximum Gasteiger partial charge on any atom is 0.344 e. The highest BCUT2D eigenvalue weighted by atomic mass is 16.2. The second kappa shape index (κ2) is 8.21. The summed E-state index contributed by atoms with van der Waals surface area (Å²) in [5.41, 5.74) is 6.94. The molecule has 0 aliphatic carbocycles. The van der Waals surface area contributed by atoms with Crippen LogP contribution in [-0.4, -0.2) is 51.8 Å². The molecule has 2 aromatic carbocycles. The largest absolute Gasteiger partial charge is 0.344 e. The SMILES string of the molecule is Cc1cc(C)n(C(=O)N2CCN(Cc3ccc(-c4ccccc4)cc3C)CC2)n1. The van der Waals surface area contributed by atoms with Crippen molar-refractivity contribution in [3.63, 3.8) is 0 Å². The van der Waals surface area contributed by atoms with Crippen molar-refractivity contribution in [2.75, 3.05) is 26.2 Å². The summed E-state index contributed by atoms with van der Waals surface area (Å²) >= 11 is 0. The van der Waals surface area contributed by atoms with Gasteiger partial charge in [-0.3, -0.25) is 4.90 Å². The average Bonchev–Trinajstić information content (AvgIpc) is 3.08. The second-order valence-corrected chi connectivity index (χ2v) is 7.89. The Morgan fingerprint density at radius 3 is 2.24 bits per heavy atom. The van der Waals surface area contributed by atoms with E-state index in [0.717, 1.165) is 44.1 Å². The fourth-order valence-corrected chi connectivity index (χ4v) is 3.98. The molecule has 1 amide bonds. The van der Waals surface area contributed by atoms with E-state index < -0.39 is 0 Å². The van der Waals surface area contributed by atoms with Crippen LogP contribution in [0.3, 0.4) is 0 Å². The highest BCUT2D eigenvalue weighted by Crippen LogP contribution is 2.23. The van der Waals surface area contributed by atoms with Gasteiger partial charge in [-0.15, -0.1) is 0 Å². The Labute approximate surface area is 172 Å². The molecule has 1 aliphatic heterocycles. The molecule has 1 aromatic heterocycles. The van der Waals surface area contributed by atoms with Crippen molar-refractivity contribution in [3.8, 4) is 11.1 Å². The van der Waals surface area contributed by atoms with Crippen LogP contribution in [0.2, 0.25) is 0 Å². The molecule has 1 aliphatic rings. The lowest BCUT2D eigenvalue weighted by Gasteiger charge is -2.34. The molecule has 0 atom stereocenters. The summed E-state index contributed by atoms with van der Waals surface area (Å²) in [6.07, 6.45) is 0. The van der Waals surface area contributed by atoms with Crippen molar-refractivity contribution in [1.82, 2.24) is 19.6 Å². The van der Waals surface area contributed by atoms with Crippen LogP contribution < -0.4 is 0 Å². The predicted octanol–water partition coefficient (Wildman–Crippen LogP) is 4.26. The molecule has 2 heterocycles. The Kier molecular flexibility index (Phi) is 5.49. The van der Waals surface area contributed by atoms with Crippen LogP contribution in [-0.2, 0) is 6.54 Å². The van der Waals surface area contributed by atoms with E-state index in [1.807, 2.05) is 30.9 Å². The lowest BCUT2D eigenvalue weighted by molar-refractivity contribution is 0.134. The Morgan fingerprint density at radius 1 is 0.897 bits per heavy atom. The van der Waals surface area contributed by atoms with Crippen molar-refractivity contribution in [2.24, 2.45) is 0 Å². The second-order valence-electron chi connectivity index (χ2n) is 7.89.